The third kappa shape index (κ3) is 2.73. The van der Waals surface area contributed by atoms with Crippen molar-refractivity contribution in [3.63, 3.8) is 0 Å². The fraction of sp³-hybridized carbons (Fsp3) is 0.429. The Hall–Kier alpha value is -0.490. The van der Waals surface area contributed by atoms with Crippen LogP contribution in [-0.2, 0) is 5.75 Å². The van der Waals surface area contributed by atoms with Crippen molar-refractivity contribution in [2.45, 2.75) is 12.7 Å². The minimum absolute atomic E-state index is 0.104. The van der Waals surface area contributed by atoms with Crippen LogP contribution in [0.25, 0.3) is 0 Å². The van der Waals surface area contributed by atoms with E-state index in [0.717, 1.165) is 5.75 Å². The van der Waals surface area contributed by atoms with E-state index in [4.69, 9.17) is 5.11 Å². The topological polar surface area (TPSA) is 66.0 Å². The number of halogens is 1. The van der Waals surface area contributed by atoms with Gasteiger partial charge in [-0.1, -0.05) is 6.92 Å². The van der Waals surface area contributed by atoms with E-state index in [-0.39, 0.29) is 5.69 Å². The average Bonchev–Trinajstić information content (AvgIpc) is 2.43. The number of aromatic amines is 1. The molecular weight excluding hydrogens is 256 g/mol. The maximum absolute atomic E-state index is 10.7. The van der Waals surface area contributed by atoms with Gasteiger partial charge in [-0.05, 0) is 21.7 Å². The Morgan fingerprint density at radius 2 is 2.46 bits per heavy atom. The third-order valence-electron chi connectivity index (χ3n) is 1.40. The van der Waals surface area contributed by atoms with Crippen molar-refractivity contribution in [1.29, 1.82) is 0 Å². The van der Waals surface area contributed by atoms with Gasteiger partial charge in [0.25, 0.3) is 0 Å². The van der Waals surface area contributed by atoms with Crippen molar-refractivity contribution >= 4 is 33.7 Å². The molecule has 0 bridgehead atoms. The van der Waals surface area contributed by atoms with Crippen molar-refractivity contribution in [3.05, 3.63) is 16.1 Å². The molecule has 6 heteroatoms. The Balaban J connectivity index is 2.84. The van der Waals surface area contributed by atoms with Crippen LogP contribution in [0.15, 0.2) is 4.73 Å². The summed E-state index contributed by atoms with van der Waals surface area (Å²) < 4.78 is 0.469. The van der Waals surface area contributed by atoms with Gasteiger partial charge in [0.1, 0.15) is 0 Å². The SMILES string of the molecule is CCSCc1[nH]c(Br)nc1C(=O)O. The quantitative estimate of drug-likeness (QED) is 0.875. The second-order valence-electron chi connectivity index (χ2n) is 2.30. The van der Waals surface area contributed by atoms with Crippen LogP contribution in [-0.4, -0.2) is 26.8 Å². The smallest absolute Gasteiger partial charge is 0.356 e. The number of hydrogen-bond acceptors (Lipinski definition) is 3. The zero-order valence-electron chi connectivity index (χ0n) is 7.00. The number of carboxylic acids is 1. The van der Waals surface area contributed by atoms with Gasteiger partial charge in [-0.15, -0.1) is 0 Å². The minimum Gasteiger partial charge on any atom is -0.476 e. The second kappa shape index (κ2) is 4.66. The maximum atomic E-state index is 10.7. The summed E-state index contributed by atoms with van der Waals surface area (Å²) in [6, 6.07) is 0. The molecule has 0 aliphatic rings. The first-order valence-corrected chi connectivity index (χ1v) is 5.65. The molecule has 0 fully saturated rings. The molecule has 0 radical (unpaired) electrons. The van der Waals surface area contributed by atoms with Crippen LogP contribution in [0, 0.1) is 0 Å². The lowest BCUT2D eigenvalue weighted by Crippen LogP contribution is -2.00. The van der Waals surface area contributed by atoms with Gasteiger partial charge in [0.15, 0.2) is 10.4 Å². The zero-order chi connectivity index (χ0) is 9.84. The van der Waals surface area contributed by atoms with E-state index in [1.54, 1.807) is 11.8 Å². The van der Waals surface area contributed by atoms with Crippen LogP contribution in [0.4, 0.5) is 0 Å². The largest absolute Gasteiger partial charge is 0.476 e. The lowest BCUT2D eigenvalue weighted by molar-refractivity contribution is 0.0690. The van der Waals surface area contributed by atoms with Crippen molar-refractivity contribution in [3.8, 4) is 0 Å². The molecular formula is C7H9BrN2O2S. The highest BCUT2D eigenvalue weighted by molar-refractivity contribution is 9.10. The Labute approximate surface area is 88.3 Å². The summed E-state index contributed by atoms with van der Waals surface area (Å²) in [4.78, 5) is 17.4. The highest BCUT2D eigenvalue weighted by Crippen LogP contribution is 2.16. The van der Waals surface area contributed by atoms with E-state index < -0.39 is 5.97 Å². The summed E-state index contributed by atoms with van der Waals surface area (Å²) >= 11 is 4.75. The molecule has 0 atom stereocenters. The lowest BCUT2D eigenvalue weighted by atomic mass is 10.3. The number of carboxylic acid groups (broad SMARTS) is 1. The monoisotopic (exact) mass is 264 g/mol. The molecule has 0 aliphatic carbocycles. The van der Waals surface area contributed by atoms with E-state index >= 15 is 0 Å². The predicted octanol–water partition coefficient (Wildman–Crippen LogP) is 2.12. The number of aromatic carboxylic acids is 1. The number of nitrogens with zero attached hydrogens (tertiary/aromatic N) is 1. The van der Waals surface area contributed by atoms with Crippen LogP contribution in [0.5, 0.6) is 0 Å². The molecule has 13 heavy (non-hydrogen) atoms. The van der Waals surface area contributed by atoms with Gasteiger partial charge >= 0.3 is 5.97 Å². The minimum atomic E-state index is -0.992. The molecule has 4 nitrogen and oxygen atoms in total. The molecule has 0 amide bonds. The summed E-state index contributed by atoms with van der Waals surface area (Å²) in [7, 11) is 0. The van der Waals surface area contributed by atoms with Gasteiger partial charge in [0, 0.05) is 5.75 Å². The number of carbonyl (C=O) groups is 1. The first-order valence-electron chi connectivity index (χ1n) is 3.70. The second-order valence-corrected chi connectivity index (χ2v) is 4.32. The zero-order valence-corrected chi connectivity index (χ0v) is 9.41. The van der Waals surface area contributed by atoms with Gasteiger partial charge in [0.05, 0.1) is 5.69 Å². The van der Waals surface area contributed by atoms with E-state index in [2.05, 4.69) is 25.9 Å². The van der Waals surface area contributed by atoms with Crippen LogP contribution < -0.4 is 0 Å². The summed E-state index contributed by atoms with van der Waals surface area (Å²) in [6.45, 7) is 2.02. The number of rotatable bonds is 4. The summed E-state index contributed by atoms with van der Waals surface area (Å²) in [5, 5.41) is 8.77. The number of H-pyrrole nitrogens is 1. The molecule has 1 heterocycles. The molecule has 0 aromatic carbocycles. The van der Waals surface area contributed by atoms with Crippen LogP contribution in [0.2, 0.25) is 0 Å². The highest BCUT2D eigenvalue weighted by atomic mass is 79.9. The highest BCUT2D eigenvalue weighted by Gasteiger charge is 2.14. The first-order chi connectivity index (χ1) is 6.15. The number of imidazole rings is 1. The number of aromatic nitrogens is 2. The van der Waals surface area contributed by atoms with Gasteiger partial charge in [-0.2, -0.15) is 11.8 Å². The molecule has 0 aliphatic heterocycles. The van der Waals surface area contributed by atoms with Crippen LogP contribution in [0.1, 0.15) is 23.1 Å². The van der Waals surface area contributed by atoms with Gasteiger partial charge < -0.3 is 10.1 Å². The molecule has 0 spiro atoms. The maximum Gasteiger partial charge on any atom is 0.356 e. The summed E-state index contributed by atoms with van der Waals surface area (Å²) in [5.41, 5.74) is 0.763. The molecule has 0 unspecified atom stereocenters. The third-order valence-corrected chi connectivity index (χ3v) is 2.68. The molecule has 1 rings (SSSR count). The summed E-state index contributed by atoms with van der Waals surface area (Å²) in [5.74, 6) is 0.612. The molecule has 0 saturated heterocycles. The predicted molar refractivity (Wildman–Crippen MR) is 55.1 cm³/mol. The molecule has 72 valence electrons. The number of hydrogen-bond donors (Lipinski definition) is 2. The average molecular weight is 265 g/mol. The van der Waals surface area contributed by atoms with Gasteiger partial charge in [0.2, 0.25) is 0 Å². The Bertz CT molecular complexity index is 313. The Morgan fingerprint density at radius 1 is 1.77 bits per heavy atom. The van der Waals surface area contributed by atoms with Crippen molar-refractivity contribution in [2.24, 2.45) is 0 Å². The summed E-state index contributed by atoms with van der Waals surface area (Å²) in [6.07, 6.45) is 0. The van der Waals surface area contributed by atoms with Crippen molar-refractivity contribution < 1.29 is 9.90 Å². The van der Waals surface area contributed by atoms with E-state index in [1.165, 1.54) is 0 Å². The fourth-order valence-corrected chi connectivity index (χ4v) is 1.90. The van der Waals surface area contributed by atoms with Gasteiger partial charge in [-0.3, -0.25) is 0 Å². The molecule has 1 aromatic rings. The number of nitrogens with one attached hydrogen (secondary N) is 1. The van der Waals surface area contributed by atoms with Crippen LogP contribution in [0.3, 0.4) is 0 Å². The van der Waals surface area contributed by atoms with Crippen molar-refractivity contribution in [2.75, 3.05) is 5.75 Å². The molecule has 1 aromatic heterocycles. The van der Waals surface area contributed by atoms with E-state index in [9.17, 15) is 4.79 Å². The fourth-order valence-electron chi connectivity index (χ4n) is 0.863. The Kier molecular flexibility index (Phi) is 3.80. The van der Waals surface area contributed by atoms with Crippen LogP contribution >= 0.6 is 27.7 Å². The lowest BCUT2D eigenvalue weighted by Gasteiger charge is -1.96. The molecule has 0 saturated carbocycles. The normalized spacial score (nSPS) is 10.3. The first kappa shape index (κ1) is 10.6. The van der Waals surface area contributed by atoms with E-state index in [0.29, 0.717) is 16.2 Å². The number of thioether (sulfide) groups is 1. The standard InChI is InChI=1S/C7H9BrN2O2S/c1-2-13-3-4-5(6(11)12)10-7(8)9-4/h2-3H2,1H3,(H,9,10)(H,11,12). The molecule has 2 N–H and O–H groups in total. The van der Waals surface area contributed by atoms with Gasteiger partial charge in [-0.25, -0.2) is 9.78 Å². The van der Waals surface area contributed by atoms with Crippen molar-refractivity contribution in [1.82, 2.24) is 9.97 Å². The van der Waals surface area contributed by atoms with E-state index in [1.807, 2.05) is 6.92 Å². The Morgan fingerprint density at radius 3 is 3.00 bits per heavy atom.